The van der Waals surface area contributed by atoms with Crippen molar-refractivity contribution in [2.75, 3.05) is 0 Å². The predicted molar refractivity (Wildman–Crippen MR) is 60.0 cm³/mol. The number of hydrogen-bond donors (Lipinski definition) is 0. The second-order valence-corrected chi connectivity index (χ2v) is 4.61. The molecule has 1 aromatic carbocycles. The average Bonchev–Trinajstić information content (AvgIpc) is 2.07. The number of benzene rings is 1. The van der Waals surface area contributed by atoms with E-state index in [1.54, 1.807) is 18.3 Å². The molecule has 0 N–H and O–H groups in total. The van der Waals surface area contributed by atoms with Gasteiger partial charge < -0.3 is 5.21 Å². The summed E-state index contributed by atoms with van der Waals surface area (Å²) in [5.74, 6) is 0. The highest BCUT2D eigenvalue weighted by Crippen LogP contribution is 2.10. The van der Waals surface area contributed by atoms with Crippen LogP contribution in [0.5, 0.6) is 0 Å². The Balaban J connectivity index is 2.93. The van der Waals surface area contributed by atoms with E-state index in [9.17, 15) is 5.21 Å². The van der Waals surface area contributed by atoms with Crippen molar-refractivity contribution >= 4 is 17.8 Å². The lowest BCUT2D eigenvalue weighted by atomic mass is 10.1. The van der Waals surface area contributed by atoms with Crippen molar-refractivity contribution in [3.8, 4) is 0 Å². The van der Waals surface area contributed by atoms with Crippen LogP contribution in [-0.2, 0) is 0 Å². The molecule has 2 nitrogen and oxygen atoms in total. The van der Waals surface area contributed by atoms with Gasteiger partial charge in [-0.25, -0.2) is 4.74 Å². The fourth-order valence-electron chi connectivity index (χ4n) is 0.878. The first-order valence-electron chi connectivity index (χ1n) is 4.46. The van der Waals surface area contributed by atoms with Gasteiger partial charge in [0.15, 0.2) is 11.8 Å². The lowest BCUT2D eigenvalue weighted by Crippen LogP contribution is -2.29. The Morgan fingerprint density at radius 3 is 2.14 bits per heavy atom. The largest absolute Gasteiger partial charge is 0.623 e. The van der Waals surface area contributed by atoms with Gasteiger partial charge in [-0.1, -0.05) is 11.6 Å². The Morgan fingerprint density at radius 1 is 1.21 bits per heavy atom. The van der Waals surface area contributed by atoms with Crippen molar-refractivity contribution in [1.29, 1.82) is 0 Å². The molecule has 0 atom stereocenters. The van der Waals surface area contributed by atoms with Gasteiger partial charge in [0.1, 0.15) is 0 Å². The van der Waals surface area contributed by atoms with Gasteiger partial charge in [0.2, 0.25) is 0 Å². The molecule has 76 valence electrons. The third-order valence-corrected chi connectivity index (χ3v) is 2.05. The van der Waals surface area contributed by atoms with Crippen molar-refractivity contribution in [1.82, 2.24) is 0 Å². The van der Waals surface area contributed by atoms with Crippen LogP contribution in [0.3, 0.4) is 0 Å². The Hall–Kier alpha value is -1.02. The summed E-state index contributed by atoms with van der Waals surface area (Å²) in [7, 11) is 0. The Kier molecular flexibility index (Phi) is 3.17. The highest BCUT2D eigenvalue weighted by atomic mass is 35.5. The van der Waals surface area contributed by atoms with E-state index in [0.717, 1.165) is 10.3 Å². The zero-order valence-corrected chi connectivity index (χ0v) is 9.38. The topological polar surface area (TPSA) is 26.1 Å². The molecule has 0 radical (unpaired) electrons. The van der Waals surface area contributed by atoms with Gasteiger partial charge in [0, 0.05) is 31.4 Å². The number of hydroxylamine groups is 1. The monoisotopic (exact) mass is 211 g/mol. The van der Waals surface area contributed by atoms with Crippen LogP contribution in [0.25, 0.3) is 0 Å². The molecule has 0 spiro atoms. The molecule has 0 unspecified atom stereocenters. The molecule has 0 aliphatic carbocycles. The molecular weight excluding hydrogens is 198 g/mol. The molecule has 14 heavy (non-hydrogen) atoms. The number of hydrogen-bond acceptors (Lipinski definition) is 1. The SMILES string of the molecule is CC(C)(C)/[N+]([O-])=C/c1ccc(Cl)cc1. The minimum absolute atomic E-state index is 0.403. The second kappa shape index (κ2) is 4.01. The Bertz CT molecular complexity index is 335. The van der Waals surface area contributed by atoms with Crippen LogP contribution < -0.4 is 0 Å². The van der Waals surface area contributed by atoms with Crippen molar-refractivity contribution in [2.24, 2.45) is 0 Å². The summed E-state index contributed by atoms with van der Waals surface area (Å²) in [6.45, 7) is 5.60. The van der Waals surface area contributed by atoms with E-state index >= 15 is 0 Å². The van der Waals surface area contributed by atoms with E-state index in [2.05, 4.69) is 0 Å². The van der Waals surface area contributed by atoms with Crippen molar-refractivity contribution in [2.45, 2.75) is 26.3 Å². The summed E-state index contributed by atoms with van der Waals surface area (Å²) in [5, 5.41) is 12.2. The van der Waals surface area contributed by atoms with Gasteiger partial charge in [0.25, 0.3) is 0 Å². The Labute approximate surface area is 89.4 Å². The molecule has 0 aliphatic rings. The summed E-state index contributed by atoms with van der Waals surface area (Å²) in [5.41, 5.74) is 0.457. The summed E-state index contributed by atoms with van der Waals surface area (Å²) in [6, 6.07) is 7.17. The normalized spacial score (nSPS) is 13.0. The number of nitrogens with zero attached hydrogens (tertiary/aromatic N) is 1. The van der Waals surface area contributed by atoms with Crippen LogP contribution in [0.1, 0.15) is 26.3 Å². The third-order valence-electron chi connectivity index (χ3n) is 1.80. The smallest absolute Gasteiger partial charge is 0.182 e. The van der Waals surface area contributed by atoms with Gasteiger partial charge >= 0.3 is 0 Å². The highest BCUT2D eigenvalue weighted by Gasteiger charge is 2.17. The lowest BCUT2D eigenvalue weighted by Gasteiger charge is -2.18. The van der Waals surface area contributed by atoms with E-state index in [4.69, 9.17) is 11.6 Å². The van der Waals surface area contributed by atoms with Crippen LogP contribution in [0.15, 0.2) is 24.3 Å². The summed E-state index contributed by atoms with van der Waals surface area (Å²) >= 11 is 5.73. The molecule has 1 aromatic rings. The molecule has 1 rings (SSSR count). The fourth-order valence-corrected chi connectivity index (χ4v) is 1.00. The second-order valence-electron chi connectivity index (χ2n) is 4.18. The summed E-state index contributed by atoms with van der Waals surface area (Å²) < 4.78 is 0.941. The van der Waals surface area contributed by atoms with Gasteiger partial charge in [0.05, 0.1) is 0 Å². The predicted octanol–water partition coefficient (Wildman–Crippen LogP) is 3.07. The van der Waals surface area contributed by atoms with E-state index in [-0.39, 0.29) is 0 Å². The number of halogens is 1. The van der Waals surface area contributed by atoms with Crippen molar-refractivity contribution in [3.05, 3.63) is 40.1 Å². The van der Waals surface area contributed by atoms with Crippen LogP contribution in [0.2, 0.25) is 5.02 Å². The van der Waals surface area contributed by atoms with E-state index in [1.165, 1.54) is 0 Å². The average molecular weight is 212 g/mol. The highest BCUT2D eigenvalue weighted by molar-refractivity contribution is 6.30. The van der Waals surface area contributed by atoms with Crippen LogP contribution in [-0.4, -0.2) is 16.5 Å². The quantitative estimate of drug-likeness (QED) is 0.304. The molecule has 0 aromatic heterocycles. The fraction of sp³-hybridized carbons (Fsp3) is 0.364. The van der Waals surface area contributed by atoms with Gasteiger partial charge in [-0.3, -0.25) is 0 Å². The maximum absolute atomic E-state index is 11.5. The maximum Gasteiger partial charge on any atom is 0.182 e. The van der Waals surface area contributed by atoms with E-state index in [0.29, 0.717) is 5.02 Å². The molecule has 0 amide bonds. The van der Waals surface area contributed by atoms with Gasteiger partial charge in [-0.05, 0) is 24.3 Å². The first-order valence-corrected chi connectivity index (χ1v) is 4.84. The third kappa shape index (κ3) is 3.04. The Morgan fingerprint density at radius 2 is 1.71 bits per heavy atom. The van der Waals surface area contributed by atoms with E-state index in [1.807, 2.05) is 32.9 Å². The van der Waals surface area contributed by atoms with Crippen molar-refractivity contribution < 1.29 is 4.74 Å². The van der Waals surface area contributed by atoms with Gasteiger partial charge in [-0.2, -0.15) is 0 Å². The standard InChI is InChI=1S/C11H14ClNO/c1-11(2,3)13(14)8-9-4-6-10(12)7-5-9/h4-8H,1-3H3/b13-8-. The van der Waals surface area contributed by atoms with Crippen molar-refractivity contribution in [3.63, 3.8) is 0 Å². The molecule has 0 aliphatic heterocycles. The van der Waals surface area contributed by atoms with Crippen LogP contribution >= 0.6 is 11.6 Å². The zero-order chi connectivity index (χ0) is 10.8. The first-order chi connectivity index (χ1) is 6.39. The molecule has 0 saturated heterocycles. The van der Waals surface area contributed by atoms with Crippen LogP contribution in [0, 0.1) is 5.21 Å². The van der Waals surface area contributed by atoms with Gasteiger partial charge in [-0.15, -0.1) is 0 Å². The summed E-state index contributed by atoms with van der Waals surface area (Å²) in [6.07, 6.45) is 1.57. The molecule has 0 bridgehead atoms. The molecular formula is C11H14ClNO. The minimum atomic E-state index is -0.403. The lowest BCUT2D eigenvalue weighted by molar-refractivity contribution is -0.530. The maximum atomic E-state index is 11.5. The van der Waals surface area contributed by atoms with E-state index < -0.39 is 5.54 Å². The summed E-state index contributed by atoms with van der Waals surface area (Å²) in [4.78, 5) is 0. The molecule has 0 fully saturated rings. The molecule has 0 saturated carbocycles. The minimum Gasteiger partial charge on any atom is -0.623 e. The number of rotatable bonds is 1. The van der Waals surface area contributed by atoms with Crippen LogP contribution in [0.4, 0.5) is 0 Å². The molecule has 3 heteroatoms. The zero-order valence-electron chi connectivity index (χ0n) is 8.62. The molecule has 0 heterocycles. The first kappa shape index (κ1) is 11.1.